The maximum atomic E-state index is 14.6. The van der Waals surface area contributed by atoms with E-state index < -0.39 is 41.7 Å². The fourth-order valence-electron chi connectivity index (χ4n) is 10.9. The zero-order valence-electron chi connectivity index (χ0n) is 54.8. The summed E-state index contributed by atoms with van der Waals surface area (Å²) in [6.07, 6.45) is 12.0. The Morgan fingerprint density at radius 1 is 0.294 bits per heavy atom. The van der Waals surface area contributed by atoms with Gasteiger partial charge in [0.15, 0.2) is 69.2 Å². The lowest BCUT2D eigenvalue weighted by molar-refractivity contribution is -0.137. The molecule has 0 saturated heterocycles. The van der Waals surface area contributed by atoms with Gasteiger partial charge in [0.2, 0.25) is 0 Å². The van der Waals surface area contributed by atoms with Crippen molar-refractivity contribution in [3.8, 4) is 34.5 Å². The molecule has 0 fully saturated rings. The molecule has 0 amide bonds. The van der Waals surface area contributed by atoms with Crippen LogP contribution in [0.25, 0.3) is 32.3 Å². The van der Waals surface area contributed by atoms with Crippen LogP contribution in [0.2, 0.25) is 0 Å². The first-order valence-electron chi connectivity index (χ1n) is 31.7. The Morgan fingerprint density at radius 2 is 0.500 bits per heavy atom. The third-order valence-electron chi connectivity index (χ3n) is 16.4. The Hall–Kier alpha value is -13.5. The van der Waals surface area contributed by atoms with Crippen LogP contribution in [0, 0.1) is 5.92 Å². The Kier molecular flexibility index (Phi) is 22.5. The molecule has 9 aromatic rings. The second kappa shape index (κ2) is 32.3. The first-order chi connectivity index (χ1) is 49.1. The topological polar surface area (TPSA) is 260 Å². The van der Waals surface area contributed by atoms with Crippen LogP contribution in [-0.4, -0.2) is 70.5 Å². The number of hydrogen-bond donors (Lipinski definition) is 0. The SMILES string of the molecule is C=CC(=O)CC1=CCC(C(=O)Oc2cc3c4cc(OC(=O)c5ccc(CC(=O)C=C)cc5)c(OC(=O)c5ccc(CC(=O)C=C)cc5)cc4c4cc(OC(=O)c5ccc(CC(=O)C=C)cc5)c(OC(=O)c5ccc(CC(=O)C=C)cc5)cc4c3cc2OC(=O)c2ccc(CC(=O)C=C)cc2)C=C1. The minimum Gasteiger partial charge on any atom is -0.422 e. The van der Waals surface area contributed by atoms with E-state index in [4.69, 9.17) is 28.4 Å². The minimum atomic E-state index is -0.968. The first-order valence-corrected chi connectivity index (χ1v) is 31.7. The average molecular weight is 1360 g/mol. The summed E-state index contributed by atoms with van der Waals surface area (Å²) in [6, 6.07) is 37.9. The van der Waals surface area contributed by atoms with Gasteiger partial charge in [0.1, 0.15) is 0 Å². The van der Waals surface area contributed by atoms with Crippen molar-refractivity contribution in [3.05, 3.63) is 313 Å². The predicted octanol–water partition coefficient (Wildman–Crippen LogP) is 14.3. The van der Waals surface area contributed by atoms with Crippen LogP contribution >= 0.6 is 0 Å². The van der Waals surface area contributed by atoms with E-state index in [1.165, 1.54) is 134 Å². The Bertz CT molecular complexity index is 4990. The maximum absolute atomic E-state index is 14.6. The van der Waals surface area contributed by atoms with Crippen molar-refractivity contribution in [1.29, 1.82) is 0 Å². The molecule has 0 N–H and O–H groups in total. The molecule has 1 unspecified atom stereocenters. The molecule has 0 heterocycles. The molecular weight excluding hydrogens is 1300 g/mol. The summed E-state index contributed by atoms with van der Waals surface area (Å²) < 4.78 is 37.2. The molecule has 0 aromatic heterocycles. The third kappa shape index (κ3) is 17.4. The molecule has 9 aromatic carbocycles. The number of ether oxygens (including phenoxy) is 6. The van der Waals surface area contributed by atoms with Crippen molar-refractivity contribution < 1.29 is 86.0 Å². The number of allylic oxidation sites excluding steroid dienone is 9. The number of rotatable bonds is 30. The van der Waals surface area contributed by atoms with Gasteiger partial charge in [-0.3, -0.25) is 33.6 Å². The quantitative estimate of drug-likeness (QED) is 0.0175. The lowest BCUT2D eigenvalue weighted by Gasteiger charge is -2.20. The Balaban J connectivity index is 1.23. The highest BCUT2D eigenvalue weighted by Gasteiger charge is 2.29. The summed E-state index contributed by atoms with van der Waals surface area (Å²) in [5.41, 5.74) is 3.37. The second-order valence-electron chi connectivity index (χ2n) is 23.5. The van der Waals surface area contributed by atoms with Crippen LogP contribution in [0.4, 0.5) is 0 Å². The monoisotopic (exact) mass is 1360 g/mol. The summed E-state index contributed by atoms with van der Waals surface area (Å²) in [6.45, 7) is 21.2. The number of carbonyl (C=O) groups is 12. The summed E-state index contributed by atoms with van der Waals surface area (Å²) in [7, 11) is 0. The average Bonchev–Trinajstić information content (AvgIpc) is 0.723. The summed E-state index contributed by atoms with van der Waals surface area (Å²) in [5.74, 6) is -10.4. The molecule has 18 nitrogen and oxygen atoms in total. The van der Waals surface area contributed by atoms with Crippen LogP contribution in [-0.2, 0) is 65.7 Å². The number of benzene rings is 9. The van der Waals surface area contributed by atoms with Crippen molar-refractivity contribution >= 4 is 103 Å². The van der Waals surface area contributed by atoms with E-state index in [1.807, 2.05) is 0 Å². The fraction of sp³-hybridized carbons (Fsp3) is 0.0952. The number of ketones is 6. The normalized spacial score (nSPS) is 12.2. The van der Waals surface area contributed by atoms with Gasteiger partial charge in [-0.25, -0.2) is 24.0 Å². The van der Waals surface area contributed by atoms with E-state index >= 15 is 0 Å². The van der Waals surface area contributed by atoms with Crippen LogP contribution in [0.15, 0.2) is 257 Å². The van der Waals surface area contributed by atoms with Gasteiger partial charge in [-0.05, 0) is 206 Å². The van der Waals surface area contributed by atoms with Gasteiger partial charge in [-0.1, -0.05) is 118 Å². The summed E-state index contributed by atoms with van der Waals surface area (Å²) in [4.78, 5) is 161. The van der Waals surface area contributed by atoms with E-state index in [0.717, 1.165) is 0 Å². The molecule has 0 spiro atoms. The highest BCUT2D eigenvalue weighted by Crippen LogP contribution is 2.48. The lowest BCUT2D eigenvalue weighted by Crippen LogP contribution is -2.20. The Labute approximate surface area is 584 Å². The van der Waals surface area contributed by atoms with Gasteiger partial charge < -0.3 is 28.4 Å². The molecule has 1 aliphatic rings. The molecular formula is C84H62O18. The largest absolute Gasteiger partial charge is 0.422 e. The van der Waals surface area contributed by atoms with E-state index in [1.54, 1.807) is 78.9 Å². The van der Waals surface area contributed by atoms with Crippen molar-refractivity contribution in [2.45, 2.75) is 44.9 Å². The van der Waals surface area contributed by atoms with Gasteiger partial charge in [0.25, 0.3) is 0 Å². The van der Waals surface area contributed by atoms with Crippen molar-refractivity contribution in [3.63, 3.8) is 0 Å². The molecule has 1 atom stereocenters. The van der Waals surface area contributed by atoms with E-state index in [-0.39, 0.29) is 174 Å². The van der Waals surface area contributed by atoms with Gasteiger partial charge in [-0.2, -0.15) is 0 Å². The van der Waals surface area contributed by atoms with E-state index in [9.17, 15) is 57.5 Å². The van der Waals surface area contributed by atoms with Crippen LogP contribution < -0.4 is 28.4 Å². The summed E-state index contributed by atoms with van der Waals surface area (Å²) >= 11 is 0. The third-order valence-corrected chi connectivity index (χ3v) is 16.4. The lowest BCUT2D eigenvalue weighted by atomic mass is 9.92. The van der Waals surface area contributed by atoms with Crippen LogP contribution in [0.5, 0.6) is 34.5 Å². The van der Waals surface area contributed by atoms with E-state index in [0.29, 0.717) is 33.4 Å². The summed E-state index contributed by atoms with van der Waals surface area (Å²) in [5, 5.41) is 0.872. The number of esters is 6. The molecule has 18 heteroatoms. The molecule has 10 rings (SSSR count). The van der Waals surface area contributed by atoms with Gasteiger partial charge in [-0.15, -0.1) is 0 Å². The number of fused-ring (bicyclic) bond motifs is 6. The molecule has 0 bridgehead atoms. The number of carbonyl (C=O) groups excluding carboxylic acids is 12. The Morgan fingerprint density at radius 3 is 0.696 bits per heavy atom. The predicted molar refractivity (Wildman–Crippen MR) is 381 cm³/mol. The molecule has 506 valence electrons. The van der Waals surface area contributed by atoms with Crippen molar-refractivity contribution in [2.75, 3.05) is 0 Å². The smallest absolute Gasteiger partial charge is 0.343 e. The highest BCUT2D eigenvalue weighted by atomic mass is 16.6. The van der Waals surface area contributed by atoms with Crippen molar-refractivity contribution in [1.82, 2.24) is 0 Å². The molecule has 1 aliphatic carbocycles. The van der Waals surface area contributed by atoms with Crippen LogP contribution in [0.1, 0.15) is 92.4 Å². The second-order valence-corrected chi connectivity index (χ2v) is 23.5. The maximum Gasteiger partial charge on any atom is 0.343 e. The van der Waals surface area contributed by atoms with Gasteiger partial charge in [0.05, 0.1) is 33.7 Å². The molecule has 102 heavy (non-hydrogen) atoms. The highest BCUT2D eigenvalue weighted by molar-refractivity contribution is 6.27. The first kappa shape index (κ1) is 71.3. The van der Waals surface area contributed by atoms with Crippen LogP contribution in [0.3, 0.4) is 0 Å². The van der Waals surface area contributed by atoms with Crippen molar-refractivity contribution in [2.24, 2.45) is 5.92 Å². The fourth-order valence-corrected chi connectivity index (χ4v) is 10.9. The zero-order valence-corrected chi connectivity index (χ0v) is 54.8. The standard InChI is InChI=1S/C84H62O18/c1-7-61(85)37-49-13-25-55(26-14-49)79(91)97-73-43-67-68(44-74(73)98-80(92)56-27-15-50(16-28-56)38-62(86)8-2)70-46-76(100-82(94)58-31-19-52(20-32-58)40-64(88)10-4)78(102-84(96)60-35-23-54(24-36-60)42-66(90)12-6)48-72(70)71-47-77(101-83(95)59-33-21-53(22-34-59)41-65(89)11-5)75(45-69(67)71)99-81(93)57-29-17-51(18-30-57)39-63(87)9-3/h7-35,43-48,60H,1-6,36-42H2. The number of hydrogen-bond acceptors (Lipinski definition) is 18. The molecule has 0 radical (unpaired) electrons. The van der Waals surface area contributed by atoms with Gasteiger partial charge >= 0.3 is 35.8 Å². The van der Waals surface area contributed by atoms with Gasteiger partial charge in [0, 0.05) is 38.5 Å². The molecule has 0 aliphatic heterocycles. The van der Waals surface area contributed by atoms with E-state index in [2.05, 4.69) is 39.5 Å². The zero-order chi connectivity index (χ0) is 72.7. The molecule has 0 saturated carbocycles. The minimum absolute atomic E-state index is 0.000507.